The molecule has 2 heteroatoms. The molecule has 1 rings (SSSR count). The van der Waals surface area contributed by atoms with Crippen LogP contribution in [-0.2, 0) is 0 Å². The van der Waals surface area contributed by atoms with E-state index < -0.39 is 0 Å². The monoisotopic (exact) mass is 154 g/mol. The molecule has 1 heterocycles. The Kier molecular flexibility index (Phi) is 6.84. The number of hydrogen-bond acceptors (Lipinski definition) is 2. The Morgan fingerprint density at radius 2 is 2.09 bits per heavy atom. The fraction of sp³-hybridized carbons (Fsp3) is 0.556. The van der Waals surface area contributed by atoms with Crippen molar-refractivity contribution in [1.29, 1.82) is 0 Å². The van der Waals surface area contributed by atoms with E-state index in [0.29, 0.717) is 6.04 Å². The normalized spacial score (nSPS) is 20.1. The average molecular weight is 154 g/mol. The summed E-state index contributed by atoms with van der Waals surface area (Å²) in [6.45, 7) is 4.75. The fourth-order valence-electron chi connectivity index (χ4n) is 0.848. The molecule has 3 N–H and O–H groups in total. The van der Waals surface area contributed by atoms with Gasteiger partial charge in [0.15, 0.2) is 0 Å². The van der Waals surface area contributed by atoms with Crippen LogP contribution in [0.2, 0.25) is 0 Å². The first-order chi connectivity index (χ1) is 5.43. The van der Waals surface area contributed by atoms with E-state index in [1.54, 1.807) is 0 Å². The molecule has 0 aromatic heterocycles. The minimum atomic E-state index is 0.458. The largest absolute Gasteiger partial charge is 0.385 e. The van der Waals surface area contributed by atoms with Crippen molar-refractivity contribution in [2.24, 2.45) is 5.73 Å². The number of nitrogens with one attached hydrogen (secondary N) is 1. The van der Waals surface area contributed by atoms with Gasteiger partial charge in [0.2, 0.25) is 0 Å². The Labute approximate surface area is 69.2 Å². The van der Waals surface area contributed by atoms with Crippen LogP contribution in [0.15, 0.2) is 24.4 Å². The Bertz CT molecular complexity index is 128. The summed E-state index contributed by atoms with van der Waals surface area (Å²) in [5.41, 5.74) is 5.36. The van der Waals surface area contributed by atoms with Crippen LogP contribution in [0.25, 0.3) is 0 Å². The second kappa shape index (κ2) is 7.35. The second-order valence-corrected chi connectivity index (χ2v) is 2.09. The first kappa shape index (κ1) is 10.2. The molecule has 1 unspecified atom stereocenters. The van der Waals surface area contributed by atoms with E-state index >= 15 is 0 Å². The first-order valence-corrected chi connectivity index (χ1v) is 4.23. The van der Waals surface area contributed by atoms with Gasteiger partial charge in [-0.2, -0.15) is 0 Å². The maximum absolute atomic E-state index is 5.36. The standard InChI is InChI=1S/C7H12N2.C2H6/c8-5-4-7-3-1-2-6-9-7;1-2/h1-3,6-7,9H,4-5,8H2;1-2H3. The van der Waals surface area contributed by atoms with Crippen molar-refractivity contribution >= 4 is 0 Å². The molecular formula is C9H18N2. The molecule has 64 valence electrons. The Hall–Kier alpha value is -0.760. The van der Waals surface area contributed by atoms with Gasteiger partial charge in [-0.15, -0.1) is 0 Å². The lowest BCUT2D eigenvalue weighted by atomic mass is 10.1. The van der Waals surface area contributed by atoms with Crippen LogP contribution in [-0.4, -0.2) is 12.6 Å². The first-order valence-electron chi connectivity index (χ1n) is 4.23. The van der Waals surface area contributed by atoms with Crippen LogP contribution >= 0.6 is 0 Å². The molecule has 0 aromatic rings. The van der Waals surface area contributed by atoms with Gasteiger partial charge in [0, 0.05) is 6.04 Å². The summed E-state index contributed by atoms with van der Waals surface area (Å²) in [6.07, 6.45) is 9.10. The molecule has 0 fully saturated rings. The topological polar surface area (TPSA) is 38.0 Å². The van der Waals surface area contributed by atoms with Crippen molar-refractivity contribution in [3.8, 4) is 0 Å². The third kappa shape index (κ3) is 4.62. The quantitative estimate of drug-likeness (QED) is 0.631. The van der Waals surface area contributed by atoms with Crippen LogP contribution in [0, 0.1) is 0 Å². The van der Waals surface area contributed by atoms with Gasteiger partial charge in [0.05, 0.1) is 0 Å². The van der Waals surface area contributed by atoms with Crippen molar-refractivity contribution in [3.63, 3.8) is 0 Å². The molecular weight excluding hydrogens is 136 g/mol. The maximum atomic E-state index is 5.36. The molecule has 1 aliphatic rings. The lowest BCUT2D eigenvalue weighted by Gasteiger charge is -2.13. The summed E-state index contributed by atoms with van der Waals surface area (Å²) < 4.78 is 0. The van der Waals surface area contributed by atoms with E-state index in [1.807, 2.05) is 32.2 Å². The van der Waals surface area contributed by atoms with Crippen molar-refractivity contribution in [2.45, 2.75) is 26.3 Å². The molecule has 0 saturated heterocycles. The van der Waals surface area contributed by atoms with Gasteiger partial charge < -0.3 is 11.1 Å². The van der Waals surface area contributed by atoms with Crippen LogP contribution in [0.3, 0.4) is 0 Å². The van der Waals surface area contributed by atoms with Gasteiger partial charge in [-0.1, -0.05) is 26.0 Å². The lowest BCUT2D eigenvalue weighted by Crippen LogP contribution is -2.26. The second-order valence-electron chi connectivity index (χ2n) is 2.09. The van der Waals surface area contributed by atoms with E-state index in [4.69, 9.17) is 5.73 Å². The van der Waals surface area contributed by atoms with Crippen molar-refractivity contribution in [3.05, 3.63) is 24.4 Å². The zero-order chi connectivity index (χ0) is 8.53. The minimum Gasteiger partial charge on any atom is -0.385 e. The van der Waals surface area contributed by atoms with Crippen LogP contribution in [0.1, 0.15) is 20.3 Å². The molecule has 1 aliphatic heterocycles. The minimum absolute atomic E-state index is 0.458. The summed E-state index contributed by atoms with van der Waals surface area (Å²) in [4.78, 5) is 0. The summed E-state index contributed by atoms with van der Waals surface area (Å²) >= 11 is 0. The SMILES string of the molecule is CC.NCCC1C=CC=CN1. The number of dihydropyridines is 1. The highest BCUT2D eigenvalue weighted by Crippen LogP contribution is 1.96. The van der Waals surface area contributed by atoms with Crippen molar-refractivity contribution in [1.82, 2.24) is 5.32 Å². The van der Waals surface area contributed by atoms with Crippen LogP contribution < -0.4 is 11.1 Å². The Morgan fingerprint density at radius 1 is 1.36 bits per heavy atom. The van der Waals surface area contributed by atoms with E-state index in [2.05, 4.69) is 11.4 Å². The van der Waals surface area contributed by atoms with E-state index in [-0.39, 0.29) is 0 Å². The third-order valence-electron chi connectivity index (χ3n) is 1.34. The lowest BCUT2D eigenvalue weighted by molar-refractivity contribution is 0.641. The van der Waals surface area contributed by atoms with Crippen molar-refractivity contribution < 1.29 is 0 Å². The number of nitrogens with two attached hydrogens (primary N) is 1. The summed E-state index contributed by atoms with van der Waals surface area (Å²) in [7, 11) is 0. The summed E-state index contributed by atoms with van der Waals surface area (Å²) in [5.74, 6) is 0. The zero-order valence-electron chi connectivity index (χ0n) is 7.38. The maximum Gasteiger partial charge on any atom is 0.0454 e. The fourth-order valence-corrected chi connectivity index (χ4v) is 0.848. The van der Waals surface area contributed by atoms with E-state index in [1.165, 1.54) is 0 Å². The predicted octanol–water partition coefficient (Wildman–Crippen LogP) is 1.40. The predicted molar refractivity (Wildman–Crippen MR) is 50.2 cm³/mol. The number of hydrogen-bond donors (Lipinski definition) is 2. The van der Waals surface area contributed by atoms with Crippen molar-refractivity contribution in [2.75, 3.05) is 6.54 Å². The van der Waals surface area contributed by atoms with Gasteiger partial charge in [-0.25, -0.2) is 0 Å². The Morgan fingerprint density at radius 3 is 2.55 bits per heavy atom. The highest BCUT2D eigenvalue weighted by Gasteiger charge is 1.99. The molecule has 0 spiro atoms. The molecule has 0 amide bonds. The molecule has 0 saturated carbocycles. The van der Waals surface area contributed by atoms with Crippen LogP contribution in [0.4, 0.5) is 0 Å². The molecule has 2 nitrogen and oxygen atoms in total. The summed E-state index contributed by atoms with van der Waals surface area (Å²) in [6, 6.07) is 0.458. The van der Waals surface area contributed by atoms with Gasteiger partial charge in [-0.05, 0) is 25.2 Å². The molecule has 0 radical (unpaired) electrons. The van der Waals surface area contributed by atoms with Gasteiger partial charge in [0.1, 0.15) is 0 Å². The highest BCUT2D eigenvalue weighted by molar-refractivity contribution is 5.11. The van der Waals surface area contributed by atoms with Crippen LogP contribution in [0.5, 0.6) is 0 Å². The van der Waals surface area contributed by atoms with Gasteiger partial charge in [0.25, 0.3) is 0 Å². The van der Waals surface area contributed by atoms with E-state index in [9.17, 15) is 0 Å². The smallest absolute Gasteiger partial charge is 0.0454 e. The Balaban J connectivity index is 0.000000461. The van der Waals surface area contributed by atoms with E-state index in [0.717, 1.165) is 13.0 Å². The molecule has 1 atom stereocenters. The van der Waals surface area contributed by atoms with Gasteiger partial charge >= 0.3 is 0 Å². The number of rotatable bonds is 2. The van der Waals surface area contributed by atoms with Gasteiger partial charge in [-0.3, -0.25) is 0 Å². The zero-order valence-corrected chi connectivity index (χ0v) is 7.38. The average Bonchev–Trinajstić information content (AvgIpc) is 2.11. The molecule has 11 heavy (non-hydrogen) atoms. The summed E-state index contributed by atoms with van der Waals surface area (Å²) in [5, 5.41) is 3.17. The molecule has 0 bridgehead atoms. The molecule has 0 aromatic carbocycles. The third-order valence-corrected chi connectivity index (χ3v) is 1.34. The number of allylic oxidation sites excluding steroid dienone is 2. The highest BCUT2D eigenvalue weighted by atomic mass is 14.9. The molecule has 0 aliphatic carbocycles.